The minimum atomic E-state index is -0.430. The van der Waals surface area contributed by atoms with Crippen LogP contribution in [0, 0.1) is 0 Å². The van der Waals surface area contributed by atoms with E-state index in [0.29, 0.717) is 6.61 Å². The summed E-state index contributed by atoms with van der Waals surface area (Å²) in [7, 11) is 0. The second-order valence-electron chi connectivity index (χ2n) is 3.52. The number of rotatable bonds is 4. The third-order valence-electron chi connectivity index (χ3n) is 2.18. The highest BCUT2D eigenvalue weighted by molar-refractivity contribution is 6.32. The molecule has 0 aliphatic heterocycles. The summed E-state index contributed by atoms with van der Waals surface area (Å²) in [5.74, 6) is -0.352. The highest BCUT2D eigenvalue weighted by atomic mass is 35.5. The standard InChI is InChI=1S/C11H11ClN4O3/c1-2-19-11-14-10(15-16-11)13-9(18)6-3-4-8(17)7(12)5-6/h3-5,17H,2H2,1H3,(H2,13,14,15,16,18). The van der Waals surface area contributed by atoms with Gasteiger partial charge in [0.1, 0.15) is 5.75 Å². The SMILES string of the molecule is CCOc1n[nH]c(NC(=O)c2ccc(O)c(Cl)c2)n1. The lowest BCUT2D eigenvalue weighted by Gasteiger charge is -2.02. The molecule has 3 N–H and O–H groups in total. The summed E-state index contributed by atoms with van der Waals surface area (Å²) in [6.07, 6.45) is 0. The number of aromatic hydroxyl groups is 1. The van der Waals surface area contributed by atoms with E-state index >= 15 is 0 Å². The Labute approximate surface area is 113 Å². The molecule has 0 unspecified atom stereocenters. The average Bonchev–Trinajstić information content (AvgIpc) is 2.80. The van der Waals surface area contributed by atoms with Gasteiger partial charge in [-0.05, 0) is 25.1 Å². The highest BCUT2D eigenvalue weighted by Gasteiger charge is 2.11. The lowest BCUT2D eigenvalue weighted by molar-refractivity contribution is 0.102. The van der Waals surface area contributed by atoms with Crippen LogP contribution < -0.4 is 10.1 Å². The second-order valence-corrected chi connectivity index (χ2v) is 3.93. The van der Waals surface area contributed by atoms with E-state index in [1.165, 1.54) is 18.2 Å². The van der Waals surface area contributed by atoms with E-state index in [-0.39, 0.29) is 28.3 Å². The monoisotopic (exact) mass is 282 g/mol. The van der Waals surface area contributed by atoms with Crippen molar-refractivity contribution in [3.8, 4) is 11.8 Å². The van der Waals surface area contributed by atoms with Crippen LogP contribution in [0.15, 0.2) is 18.2 Å². The summed E-state index contributed by atoms with van der Waals surface area (Å²) < 4.78 is 5.05. The summed E-state index contributed by atoms with van der Waals surface area (Å²) in [6.45, 7) is 2.23. The highest BCUT2D eigenvalue weighted by Crippen LogP contribution is 2.23. The molecule has 2 aromatic rings. The van der Waals surface area contributed by atoms with Crippen LogP contribution >= 0.6 is 11.6 Å². The van der Waals surface area contributed by atoms with E-state index in [1.54, 1.807) is 6.92 Å². The van der Waals surface area contributed by atoms with Crippen LogP contribution in [0.3, 0.4) is 0 Å². The number of benzene rings is 1. The smallest absolute Gasteiger partial charge is 0.337 e. The molecule has 1 heterocycles. The van der Waals surface area contributed by atoms with Crippen molar-refractivity contribution in [1.29, 1.82) is 0 Å². The fourth-order valence-electron chi connectivity index (χ4n) is 1.32. The summed E-state index contributed by atoms with van der Waals surface area (Å²) >= 11 is 5.72. The Balaban J connectivity index is 2.09. The van der Waals surface area contributed by atoms with E-state index in [2.05, 4.69) is 20.5 Å². The van der Waals surface area contributed by atoms with Gasteiger partial charge in [0.25, 0.3) is 5.91 Å². The van der Waals surface area contributed by atoms with E-state index in [0.717, 1.165) is 0 Å². The van der Waals surface area contributed by atoms with Crippen molar-refractivity contribution in [2.45, 2.75) is 6.92 Å². The molecule has 0 fully saturated rings. The Hall–Kier alpha value is -2.28. The molecule has 19 heavy (non-hydrogen) atoms. The van der Waals surface area contributed by atoms with Gasteiger partial charge in [0, 0.05) is 5.56 Å². The lowest BCUT2D eigenvalue weighted by atomic mass is 10.2. The molecule has 0 saturated heterocycles. The topological polar surface area (TPSA) is 100 Å². The van der Waals surface area contributed by atoms with Crippen LogP contribution in [0.5, 0.6) is 11.8 Å². The van der Waals surface area contributed by atoms with E-state index in [1.807, 2.05) is 0 Å². The fraction of sp³-hybridized carbons (Fsp3) is 0.182. The Morgan fingerprint density at radius 3 is 3.05 bits per heavy atom. The number of aromatic nitrogens is 3. The molecule has 0 aliphatic carbocycles. The van der Waals surface area contributed by atoms with Gasteiger partial charge in [-0.2, -0.15) is 4.98 Å². The number of amides is 1. The first-order chi connectivity index (χ1) is 9.10. The van der Waals surface area contributed by atoms with Crippen molar-refractivity contribution in [3.05, 3.63) is 28.8 Å². The number of anilines is 1. The molecule has 0 saturated carbocycles. The molecule has 0 atom stereocenters. The third-order valence-corrected chi connectivity index (χ3v) is 2.48. The van der Waals surface area contributed by atoms with Crippen molar-refractivity contribution in [1.82, 2.24) is 15.2 Å². The van der Waals surface area contributed by atoms with Gasteiger partial charge in [-0.25, -0.2) is 5.10 Å². The number of ether oxygens (including phenoxy) is 1. The van der Waals surface area contributed by atoms with Crippen LogP contribution in [-0.4, -0.2) is 32.8 Å². The first-order valence-corrected chi connectivity index (χ1v) is 5.83. The van der Waals surface area contributed by atoms with Gasteiger partial charge in [0.2, 0.25) is 5.95 Å². The predicted octanol–water partition coefficient (Wildman–Crippen LogP) is 1.81. The maximum absolute atomic E-state index is 11.9. The number of aromatic amines is 1. The molecule has 0 aliphatic rings. The molecular weight excluding hydrogens is 272 g/mol. The zero-order valence-electron chi connectivity index (χ0n) is 9.98. The van der Waals surface area contributed by atoms with Crippen molar-refractivity contribution < 1.29 is 14.6 Å². The van der Waals surface area contributed by atoms with E-state index in [4.69, 9.17) is 16.3 Å². The van der Waals surface area contributed by atoms with Gasteiger partial charge < -0.3 is 9.84 Å². The predicted molar refractivity (Wildman–Crippen MR) is 68.6 cm³/mol. The van der Waals surface area contributed by atoms with Crippen LogP contribution in [-0.2, 0) is 0 Å². The Kier molecular flexibility index (Phi) is 3.86. The molecular formula is C11H11ClN4O3. The molecule has 0 bridgehead atoms. The lowest BCUT2D eigenvalue weighted by Crippen LogP contribution is -2.12. The van der Waals surface area contributed by atoms with E-state index in [9.17, 15) is 9.90 Å². The third kappa shape index (κ3) is 3.14. The maximum Gasteiger partial charge on any atom is 0.337 e. The largest absolute Gasteiger partial charge is 0.506 e. The normalized spacial score (nSPS) is 10.2. The summed E-state index contributed by atoms with van der Waals surface area (Å²) in [4.78, 5) is 15.8. The number of phenols is 1. The van der Waals surface area contributed by atoms with Gasteiger partial charge in [0.15, 0.2) is 0 Å². The summed E-state index contributed by atoms with van der Waals surface area (Å²) in [5, 5.41) is 18.1. The van der Waals surface area contributed by atoms with E-state index < -0.39 is 5.91 Å². The average molecular weight is 283 g/mol. The van der Waals surface area contributed by atoms with Crippen molar-refractivity contribution in [3.63, 3.8) is 0 Å². The zero-order valence-corrected chi connectivity index (χ0v) is 10.7. The Bertz CT molecular complexity index is 599. The molecule has 2 rings (SSSR count). The van der Waals surface area contributed by atoms with Gasteiger partial charge in [-0.1, -0.05) is 11.6 Å². The zero-order chi connectivity index (χ0) is 13.8. The number of nitrogens with one attached hydrogen (secondary N) is 2. The Morgan fingerprint density at radius 2 is 2.37 bits per heavy atom. The van der Waals surface area contributed by atoms with Crippen LogP contribution in [0.4, 0.5) is 5.95 Å². The van der Waals surface area contributed by atoms with Crippen molar-refractivity contribution in [2.75, 3.05) is 11.9 Å². The molecule has 100 valence electrons. The number of phenolic OH excluding ortho intramolecular Hbond substituents is 1. The minimum absolute atomic E-state index is 0.0866. The van der Waals surface area contributed by atoms with Gasteiger partial charge in [0.05, 0.1) is 11.6 Å². The molecule has 7 nitrogen and oxygen atoms in total. The van der Waals surface area contributed by atoms with Gasteiger partial charge in [-0.3, -0.25) is 10.1 Å². The molecule has 1 aromatic heterocycles. The Morgan fingerprint density at radius 1 is 1.58 bits per heavy atom. The van der Waals surface area contributed by atoms with Crippen LogP contribution in [0.1, 0.15) is 17.3 Å². The van der Waals surface area contributed by atoms with Crippen LogP contribution in [0.25, 0.3) is 0 Å². The first-order valence-electron chi connectivity index (χ1n) is 5.45. The number of halogens is 1. The number of carbonyl (C=O) groups excluding carboxylic acids is 1. The first kappa shape index (κ1) is 13.2. The second kappa shape index (κ2) is 5.57. The van der Waals surface area contributed by atoms with Crippen molar-refractivity contribution >= 4 is 23.5 Å². The molecule has 0 spiro atoms. The number of hydrogen-bond acceptors (Lipinski definition) is 5. The maximum atomic E-state index is 11.9. The number of H-pyrrole nitrogens is 1. The summed E-state index contributed by atoms with van der Waals surface area (Å²) in [5.41, 5.74) is 0.289. The minimum Gasteiger partial charge on any atom is -0.506 e. The van der Waals surface area contributed by atoms with Gasteiger partial charge in [-0.15, -0.1) is 5.10 Å². The van der Waals surface area contributed by atoms with Crippen molar-refractivity contribution in [2.24, 2.45) is 0 Å². The quantitative estimate of drug-likeness (QED) is 0.794. The molecule has 1 aromatic carbocycles. The fourth-order valence-corrected chi connectivity index (χ4v) is 1.50. The molecule has 8 heteroatoms. The number of hydrogen-bond donors (Lipinski definition) is 3. The number of carbonyl (C=O) groups is 1. The van der Waals surface area contributed by atoms with Crippen LogP contribution in [0.2, 0.25) is 5.02 Å². The summed E-state index contributed by atoms with van der Waals surface area (Å²) in [6, 6.07) is 4.28. The molecule has 1 amide bonds. The van der Waals surface area contributed by atoms with Gasteiger partial charge >= 0.3 is 6.01 Å². The molecule has 0 radical (unpaired) electrons. The number of nitrogens with zero attached hydrogens (tertiary/aromatic N) is 2.